The first kappa shape index (κ1) is 18.5. The van der Waals surface area contributed by atoms with Gasteiger partial charge in [0.2, 0.25) is 5.76 Å². The van der Waals surface area contributed by atoms with E-state index in [1.807, 2.05) is 0 Å². The number of nitro groups is 1. The molecule has 0 amide bonds. The monoisotopic (exact) mass is 366 g/mol. The second kappa shape index (κ2) is 6.22. The summed E-state index contributed by atoms with van der Waals surface area (Å²) >= 11 is 0. The highest BCUT2D eigenvalue weighted by atomic mass is 19.4. The summed E-state index contributed by atoms with van der Waals surface area (Å²) in [4.78, 5) is 10.0. The number of alkyl halides is 6. The van der Waals surface area contributed by atoms with Gasteiger partial charge in [0.05, 0.1) is 16.1 Å². The molecule has 0 radical (unpaired) electrons. The van der Waals surface area contributed by atoms with Crippen LogP contribution in [0.5, 0.6) is 0 Å². The average Bonchev–Trinajstić information content (AvgIpc) is 2.84. The molecule has 0 fully saturated rings. The van der Waals surface area contributed by atoms with Gasteiger partial charge in [0.25, 0.3) is 0 Å². The highest BCUT2D eigenvalue weighted by Crippen LogP contribution is 2.36. The van der Waals surface area contributed by atoms with Crippen LogP contribution in [0.25, 0.3) is 12.2 Å². The Morgan fingerprint density at radius 2 is 1.56 bits per heavy atom. The SMILES string of the molecule is Cc1noc(/C=C/c2cc(C(F)(F)F)cc(C(F)(F)F)c2)c1[N+](=O)[O-]. The molecule has 0 aliphatic rings. The molecule has 25 heavy (non-hydrogen) atoms. The number of aryl methyl sites for hydroxylation is 1. The second-order valence-corrected chi connectivity index (χ2v) is 4.91. The minimum Gasteiger partial charge on any atom is -0.349 e. The molecular formula is C14H8F6N2O3. The molecule has 0 N–H and O–H groups in total. The Bertz CT molecular complexity index is 804. The van der Waals surface area contributed by atoms with Crippen LogP contribution in [0.3, 0.4) is 0 Å². The summed E-state index contributed by atoms with van der Waals surface area (Å²) in [5.74, 6) is -0.395. The molecule has 0 spiro atoms. The van der Waals surface area contributed by atoms with Crippen LogP contribution in [0.4, 0.5) is 32.0 Å². The molecule has 0 bridgehead atoms. The first-order valence-corrected chi connectivity index (χ1v) is 6.48. The van der Waals surface area contributed by atoms with Gasteiger partial charge in [-0.15, -0.1) is 0 Å². The van der Waals surface area contributed by atoms with Crippen molar-refractivity contribution in [1.82, 2.24) is 5.16 Å². The lowest BCUT2D eigenvalue weighted by molar-refractivity contribution is -0.386. The third-order valence-electron chi connectivity index (χ3n) is 3.08. The number of nitrogens with zero attached hydrogens (tertiary/aromatic N) is 2. The van der Waals surface area contributed by atoms with Crippen molar-refractivity contribution in [2.24, 2.45) is 0 Å². The molecule has 134 valence electrons. The maximum atomic E-state index is 12.8. The van der Waals surface area contributed by atoms with Crippen molar-refractivity contribution < 1.29 is 35.8 Å². The van der Waals surface area contributed by atoms with Crippen molar-refractivity contribution in [3.8, 4) is 0 Å². The molecule has 1 aromatic heterocycles. The number of hydrogen-bond acceptors (Lipinski definition) is 4. The van der Waals surface area contributed by atoms with Gasteiger partial charge < -0.3 is 4.52 Å². The summed E-state index contributed by atoms with van der Waals surface area (Å²) in [6.45, 7) is 1.27. The molecule has 1 aromatic carbocycles. The summed E-state index contributed by atoms with van der Waals surface area (Å²) < 4.78 is 81.2. The van der Waals surface area contributed by atoms with Crippen LogP contribution in [0.2, 0.25) is 0 Å². The third-order valence-corrected chi connectivity index (χ3v) is 3.08. The van der Waals surface area contributed by atoms with E-state index in [2.05, 4.69) is 9.68 Å². The van der Waals surface area contributed by atoms with Crippen LogP contribution in [0.15, 0.2) is 22.7 Å². The van der Waals surface area contributed by atoms with Gasteiger partial charge in [0.15, 0.2) is 5.69 Å². The van der Waals surface area contributed by atoms with Crippen molar-refractivity contribution in [2.45, 2.75) is 19.3 Å². The van der Waals surface area contributed by atoms with Gasteiger partial charge in [0, 0.05) is 0 Å². The standard InChI is InChI=1S/C14H8F6N2O3/c1-7-12(22(23)24)11(25-21-7)3-2-8-4-9(13(15,16)17)6-10(5-8)14(18,19)20/h2-6H,1H3/b3-2+. The van der Waals surface area contributed by atoms with Crippen LogP contribution < -0.4 is 0 Å². The molecule has 2 rings (SSSR count). The fraction of sp³-hybridized carbons (Fsp3) is 0.214. The van der Waals surface area contributed by atoms with Gasteiger partial charge >= 0.3 is 18.0 Å². The maximum absolute atomic E-state index is 12.8. The molecule has 0 saturated carbocycles. The van der Waals surface area contributed by atoms with Crippen molar-refractivity contribution in [3.63, 3.8) is 0 Å². The quantitative estimate of drug-likeness (QED) is 0.431. The van der Waals surface area contributed by atoms with Crippen molar-refractivity contribution in [1.29, 1.82) is 0 Å². The van der Waals surface area contributed by atoms with Crippen LogP contribution in [0, 0.1) is 17.0 Å². The number of aromatic nitrogens is 1. The molecule has 0 aliphatic heterocycles. The first-order valence-electron chi connectivity index (χ1n) is 6.48. The van der Waals surface area contributed by atoms with Crippen molar-refractivity contribution in [2.75, 3.05) is 0 Å². The Morgan fingerprint density at radius 3 is 2.00 bits per heavy atom. The normalized spacial score (nSPS) is 12.8. The van der Waals surface area contributed by atoms with E-state index in [1.54, 1.807) is 0 Å². The minimum atomic E-state index is -4.99. The van der Waals surface area contributed by atoms with Gasteiger partial charge in [-0.1, -0.05) is 11.2 Å². The van der Waals surface area contributed by atoms with Crippen LogP contribution in [0.1, 0.15) is 28.1 Å². The summed E-state index contributed by atoms with van der Waals surface area (Å²) in [7, 11) is 0. The van der Waals surface area contributed by atoms with Crippen molar-refractivity contribution >= 4 is 17.8 Å². The van der Waals surface area contributed by atoms with E-state index in [1.165, 1.54) is 6.92 Å². The molecule has 11 heteroatoms. The number of benzene rings is 1. The summed E-state index contributed by atoms with van der Waals surface area (Å²) in [5, 5.41) is 14.2. The fourth-order valence-corrected chi connectivity index (χ4v) is 1.96. The predicted octanol–water partition coefficient (Wildman–Crippen LogP) is 5.10. The van der Waals surface area contributed by atoms with Crippen LogP contribution in [-0.4, -0.2) is 10.1 Å². The van der Waals surface area contributed by atoms with E-state index in [-0.39, 0.29) is 11.8 Å². The van der Waals surface area contributed by atoms with Gasteiger partial charge in [-0.2, -0.15) is 26.3 Å². The zero-order valence-corrected chi connectivity index (χ0v) is 12.3. The lowest BCUT2D eigenvalue weighted by Gasteiger charge is -2.12. The second-order valence-electron chi connectivity index (χ2n) is 4.91. The Balaban J connectivity index is 2.51. The molecule has 0 aliphatic carbocycles. The van der Waals surface area contributed by atoms with Crippen LogP contribution in [-0.2, 0) is 12.4 Å². The van der Waals surface area contributed by atoms with E-state index in [9.17, 15) is 36.5 Å². The lowest BCUT2D eigenvalue weighted by atomic mass is 10.0. The summed E-state index contributed by atoms with van der Waals surface area (Å²) in [6.07, 6.45) is -8.25. The smallest absolute Gasteiger partial charge is 0.349 e. The third kappa shape index (κ3) is 4.17. The number of rotatable bonds is 3. The highest BCUT2D eigenvalue weighted by molar-refractivity contribution is 5.72. The Morgan fingerprint density at radius 1 is 1.04 bits per heavy atom. The number of hydrogen-bond donors (Lipinski definition) is 0. The molecule has 0 unspecified atom stereocenters. The maximum Gasteiger partial charge on any atom is 0.416 e. The first-order chi connectivity index (χ1) is 11.4. The zero-order valence-electron chi connectivity index (χ0n) is 12.3. The lowest BCUT2D eigenvalue weighted by Crippen LogP contribution is -2.11. The molecule has 5 nitrogen and oxygen atoms in total. The van der Waals surface area contributed by atoms with E-state index >= 15 is 0 Å². The molecule has 1 heterocycles. The van der Waals surface area contributed by atoms with Crippen molar-refractivity contribution in [3.05, 3.63) is 56.5 Å². The van der Waals surface area contributed by atoms with E-state index in [4.69, 9.17) is 0 Å². The zero-order chi connectivity index (χ0) is 19.0. The van der Waals surface area contributed by atoms with Gasteiger partial charge in [-0.3, -0.25) is 10.1 Å². The van der Waals surface area contributed by atoms with Crippen LogP contribution >= 0.6 is 0 Å². The fourth-order valence-electron chi connectivity index (χ4n) is 1.96. The Kier molecular flexibility index (Phi) is 4.60. The summed E-state index contributed by atoms with van der Waals surface area (Å²) in [5.41, 5.74) is -4.05. The van der Waals surface area contributed by atoms with E-state index in [0.717, 1.165) is 12.2 Å². The average molecular weight is 366 g/mol. The summed E-state index contributed by atoms with van der Waals surface area (Å²) in [6, 6.07) is 0.958. The molecular weight excluding hydrogens is 358 g/mol. The highest BCUT2D eigenvalue weighted by Gasteiger charge is 2.36. The van der Waals surface area contributed by atoms with E-state index < -0.39 is 45.4 Å². The topological polar surface area (TPSA) is 69.2 Å². The number of halogens is 6. The minimum absolute atomic E-state index is 0.0155. The molecule has 0 saturated heterocycles. The molecule has 0 atom stereocenters. The largest absolute Gasteiger partial charge is 0.416 e. The Labute approximate surface area is 135 Å². The van der Waals surface area contributed by atoms with Gasteiger partial charge in [-0.05, 0) is 36.8 Å². The Hall–Kier alpha value is -2.85. The predicted molar refractivity (Wildman–Crippen MR) is 73.3 cm³/mol. The van der Waals surface area contributed by atoms with Gasteiger partial charge in [0.1, 0.15) is 0 Å². The molecule has 2 aromatic rings. The van der Waals surface area contributed by atoms with E-state index in [0.29, 0.717) is 12.1 Å². The van der Waals surface area contributed by atoms with Gasteiger partial charge in [-0.25, -0.2) is 0 Å².